The molecule has 2 nitrogen and oxygen atoms in total. The number of rotatable bonds is 3. The first-order chi connectivity index (χ1) is 8.04. The van der Waals surface area contributed by atoms with Crippen molar-refractivity contribution in [1.29, 1.82) is 0 Å². The Morgan fingerprint density at radius 3 is 2.39 bits per heavy atom. The highest BCUT2D eigenvalue weighted by molar-refractivity contribution is 9.10. The average Bonchev–Trinajstić information content (AvgIpc) is 2.22. The van der Waals surface area contributed by atoms with Gasteiger partial charge in [-0.15, -0.1) is 0 Å². The Morgan fingerprint density at radius 2 is 1.89 bits per heavy atom. The van der Waals surface area contributed by atoms with E-state index in [1.807, 2.05) is 20.8 Å². The molecule has 0 spiro atoms. The number of nitrogens with one attached hydrogen (secondary N) is 1. The molecule has 0 bridgehead atoms. The highest BCUT2D eigenvalue weighted by atomic mass is 79.9. The zero-order valence-corrected chi connectivity index (χ0v) is 13.3. The Balaban J connectivity index is 3.02. The second-order valence-corrected chi connectivity index (χ2v) is 6.83. The molecule has 0 amide bonds. The molecule has 1 aromatic carbocycles. The summed E-state index contributed by atoms with van der Waals surface area (Å²) in [6.45, 7) is 7.75. The van der Waals surface area contributed by atoms with E-state index in [-0.39, 0.29) is 22.7 Å². The summed E-state index contributed by atoms with van der Waals surface area (Å²) in [7, 11) is 0. The van der Waals surface area contributed by atoms with E-state index in [1.165, 1.54) is 6.07 Å². The normalized spacial score (nSPS) is 15.6. The molecular weight excluding hydrogens is 321 g/mol. The zero-order chi connectivity index (χ0) is 14.1. The van der Waals surface area contributed by atoms with Crippen molar-refractivity contribution in [3.63, 3.8) is 0 Å². The quantitative estimate of drug-likeness (QED) is 0.821. The van der Waals surface area contributed by atoms with E-state index in [4.69, 9.17) is 11.6 Å². The summed E-state index contributed by atoms with van der Waals surface area (Å²) in [4.78, 5) is 0. The van der Waals surface area contributed by atoms with Crippen molar-refractivity contribution in [3.05, 3.63) is 33.0 Å². The lowest BCUT2D eigenvalue weighted by Gasteiger charge is -2.30. The molecule has 0 saturated heterocycles. The molecule has 1 atom stereocenters. The van der Waals surface area contributed by atoms with Crippen molar-refractivity contribution < 1.29 is 9.50 Å². The molecule has 1 aromatic rings. The van der Waals surface area contributed by atoms with Gasteiger partial charge in [0.25, 0.3) is 0 Å². The fourth-order valence-electron chi connectivity index (χ4n) is 1.47. The van der Waals surface area contributed by atoms with Crippen LogP contribution in [0.4, 0.5) is 4.39 Å². The maximum absolute atomic E-state index is 14.0. The number of aliphatic hydroxyl groups is 1. The summed E-state index contributed by atoms with van der Waals surface area (Å²) >= 11 is 8.97. The van der Waals surface area contributed by atoms with E-state index >= 15 is 0 Å². The predicted octanol–water partition coefficient (Wildman–Crippen LogP) is 3.84. The molecule has 18 heavy (non-hydrogen) atoms. The molecule has 0 aromatic heterocycles. The molecule has 0 saturated carbocycles. The van der Waals surface area contributed by atoms with Crippen LogP contribution in [0.5, 0.6) is 0 Å². The Kier molecular flexibility index (Phi) is 4.81. The fraction of sp³-hybridized carbons (Fsp3) is 0.538. The van der Waals surface area contributed by atoms with Crippen molar-refractivity contribution in [2.24, 2.45) is 0 Å². The highest BCUT2D eigenvalue weighted by Crippen LogP contribution is 2.32. The van der Waals surface area contributed by atoms with Gasteiger partial charge < -0.3 is 10.4 Å². The number of hydrogen-bond acceptors (Lipinski definition) is 2. The average molecular weight is 339 g/mol. The molecule has 0 fully saturated rings. The molecule has 0 aliphatic heterocycles. The molecule has 1 rings (SSSR count). The SMILES string of the molecule is CC(C)(C)NCC(C)(O)c1ccc(Br)c(Cl)c1F. The van der Waals surface area contributed by atoms with E-state index in [2.05, 4.69) is 21.2 Å². The minimum atomic E-state index is -1.32. The maximum Gasteiger partial charge on any atom is 0.149 e. The Hall–Kier alpha value is -0.160. The second kappa shape index (κ2) is 5.45. The molecule has 102 valence electrons. The Labute approximate surface area is 121 Å². The summed E-state index contributed by atoms with van der Waals surface area (Å²) < 4.78 is 14.5. The minimum Gasteiger partial charge on any atom is -0.384 e. The van der Waals surface area contributed by atoms with Gasteiger partial charge in [-0.2, -0.15) is 0 Å². The Morgan fingerprint density at radius 1 is 1.33 bits per heavy atom. The lowest BCUT2D eigenvalue weighted by molar-refractivity contribution is 0.0466. The topological polar surface area (TPSA) is 32.3 Å². The van der Waals surface area contributed by atoms with E-state index in [1.54, 1.807) is 13.0 Å². The van der Waals surface area contributed by atoms with Crippen molar-refractivity contribution in [2.75, 3.05) is 6.54 Å². The minimum absolute atomic E-state index is 0.0106. The first-order valence-electron chi connectivity index (χ1n) is 5.66. The van der Waals surface area contributed by atoms with Crippen LogP contribution in [0.2, 0.25) is 5.02 Å². The van der Waals surface area contributed by atoms with Gasteiger partial charge in [0.2, 0.25) is 0 Å². The number of hydrogen-bond donors (Lipinski definition) is 2. The molecule has 0 heterocycles. The van der Waals surface area contributed by atoms with Crippen molar-refractivity contribution in [1.82, 2.24) is 5.32 Å². The first-order valence-corrected chi connectivity index (χ1v) is 6.83. The summed E-state index contributed by atoms with van der Waals surface area (Å²) in [6, 6.07) is 3.17. The van der Waals surface area contributed by atoms with E-state index < -0.39 is 11.4 Å². The monoisotopic (exact) mass is 337 g/mol. The summed E-state index contributed by atoms with van der Waals surface area (Å²) in [5.74, 6) is -0.591. The van der Waals surface area contributed by atoms with Gasteiger partial charge in [-0.25, -0.2) is 4.39 Å². The molecule has 0 aliphatic rings. The number of β-amino-alcohol motifs (C(OH)–C–C–N with tert-alkyl or cyclic N) is 1. The molecule has 5 heteroatoms. The highest BCUT2D eigenvalue weighted by Gasteiger charge is 2.29. The number of halogens is 3. The van der Waals surface area contributed by atoms with Gasteiger partial charge in [0.05, 0.1) is 5.02 Å². The largest absolute Gasteiger partial charge is 0.384 e. The van der Waals surface area contributed by atoms with Gasteiger partial charge in [-0.05, 0) is 49.7 Å². The standard InChI is InChI=1S/C13H18BrClFNO/c1-12(2,3)17-7-13(4,18)8-5-6-9(14)10(15)11(8)16/h5-6,17-18H,7H2,1-4H3. The van der Waals surface area contributed by atoms with E-state index in [0.29, 0.717) is 4.47 Å². The van der Waals surface area contributed by atoms with Crippen LogP contribution in [0.25, 0.3) is 0 Å². The predicted molar refractivity (Wildman–Crippen MR) is 76.4 cm³/mol. The van der Waals surface area contributed by atoms with E-state index in [0.717, 1.165) is 0 Å². The third kappa shape index (κ3) is 3.92. The van der Waals surface area contributed by atoms with Crippen LogP contribution < -0.4 is 5.32 Å². The van der Waals surface area contributed by atoms with Gasteiger partial charge in [0.1, 0.15) is 11.4 Å². The first kappa shape index (κ1) is 15.9. The van der Waals surface area contributed by atoms with Crippen LogP contribution in [-0.4, -0.2) is 17.2 Å². The third-order valence-electron chi connectivity index (χ3n) is 2.58. The molecular formula is C13H18BrClFNO. The van der Waals surface area contributed by atoms with Gasteiger partial charge in [-0.1, -0.05) is 17.7 Å². The van der Waals surface area contributed by atoms with Gasteiger partial charge in [-0.3, -0.25) is 0 Å². The van der Waals surface area contributed by atoms with Gasteiger partial charge in [0.15, 0.2) is 0 Å². The molecule has 2 N–H and O–H groups in total. The van der Waals surface area contributed by atoms with Crippen LogP contribution >= 0.6 is 27.5 Å². The van der Waals surface area contributed by atoms with Crippen LogP contribution in [0.1, 0.15) is 33.3 Å². The van der Waals surface area contributed by atoms with Crippen LogP contribution in [0.15, 0.2) is 16.6 Å². The van der Waals surface area contributed by atoms with Crippen molar-refractivity contribution in [2.45, 2.75) is 38.8 Å². The van der Waals surface area contributed by atoms with Crippen molar-refractivity contribution in [3.8, 4) is 0 Å². The summed E-state index contributed by atoms with van der Waals surface area (Å²) in [6.07, 6.45) is 0. The van der Waals surface area contributed by atoms with E-state index in [9.17, 15) is 9.50 Å². The van der Waals surface area contributed by atoms with Crippen LogP contribution in [-0.2, 0) is 5.60 Å². The van der Waals surface area contributed by atoms with Gasteiger partial charge in [0, 0.05) is 22.1 Å². The zero-order valence-electron chi connectivity index (χ0n) is 10.9. The third-order valence-corrected chi connectivity index (χ3v) is 3.84. The summed E-state index contributed by atoms with van der Waals surface area (Å²) in [5.41, 5.74) is -1.28. The molecule has 1 unspecified atom stereocenters. The smallest absolute Gasteiger partial charge is 0.149 e. The van der Waals surface area contributed by atoms with Crippen LogP contribution in [0.3, 0.4) is 0 Å². The maximum atomic E-state index is 14.0. The molecule has 0 radical (unpaired) electrons. The number of benzene rings is 1. The second-order valence-electron chi connectivity index (χ2n) is 5.60. The van der Waals surface area contributed by atoms with Crippen molar-refractivity contribution >= 4 is 27.5 Å². The Bertz CT molecular complexity index is 443. The van der Waals surface area contributed by atoms with Gasteiger partial charge >= 0.3 is 0 Å². The summed E-state index contributed by atoms with van der Waals surface area (Å²) in [5, 5.41) is 13.5. The lowest BCUT2D eigenvalue weighted by atomic mass is 9.94. The fourth-order valence-corrected chi connectivity index (χ4v) is 1.95. The van der Waals surface area contributed by atoms with Crippen LogP contribution in [0, 0.1) is 5.82 Å². The lowest BCUT2D eigenvalue weighted by Crippen LogP contribution is -2.45. The molecule has 0 aliphatic carbocycles.